The highest BCUT2D eigenvalue weighted by atomic mass is 32.2. The molecule has 0 unspecified atom stereocenters. The summed E-state index contributed by atoms with van der Waals surface area (Å²) in [4.78, 5) is 13.6. The van der Waals surface area contributed by atoms with E-state index in [2.05, 4.69) is 15.2 Å². The van der Waals surface area contributed by atoms with Crippen LogP contribution in [0.3, 0.4) is 0 Å². The van der Waals surface area contributed by atoms with Crippen LogP contribution < -0.4 is 4.89 Å². The minimum atomic E-state index is 0.00290. The molecule has 0 aromatic heterocycles. The second kappa shape index (κ2) is 12.4. The molecule has 3 rings (SSSR count). The average Bonchev–Trinajstić information content (AvgIpc) is 2.86. The molecule has 32 heavy (non-hydrogen) atoms. The third-order valence-corrected chi connectivity index (χ3v) is 4.17. The quantitative estimate of drug-likeness (QED) is 0.0801. The Bertz CT molecular complexity index is 1140. The van der Waals surface area contributed by atoms with Crippen LogP contribution in [0.5, 0.6) is 5.75 Å². The van der Waals surface area contributed by atoms with Crippen molar-refractivity contribution in [1.82, 2.24) is 0 Å². The normalized spacial score (nSPS) is 11.2. The molecule has 8 nitrogen and oxygen atoms in total. The van der Waals surface area contributed by atoms with E-state index in [1.165, 1.54) is 0 Å². The van der Waals surface area contributed by atoms with E-state index in [1.54, 1.807) is 48.5 Å². The highest BCUT2D eigenvalue weighted by Gasteiger charge is 2.09. The first-order chi connectivity index (χ1) is 15.8. The van der Waals surface area contributed by atoms with Gasteiger partial charge in [0.25, 0.3) is 0 Å². The number of hydrogen-bond acceptors (Lipinski definition) is 8. The van der Waals surface area contributed by atoms with E-state index in [-0.39, 0.29) is 18.2 Å². The molecule has 0 radical (unpaired) electrons. The van der Waals surface area contributed by atoms with Crippen LogP contribution in [0, 0.1) is 17.9 Å². The number of hydrogen-bond donors (Lipinski definition) is 0. The monoisotopic (exact) mass is 444 g/mol. The maximum Gasteiger partial charge on any atom is 0.326 e. The molecule has 3 aromatic rings. The van der Waals surface area contributed by atoms with Crippen molar-refractivity contribution < 1.29 is 18.3 Å². The van der Waals surface area contributed by atoms with E-state index in [9.17, 15) is 5.26 Å². The second-order valence-electron chi connectivity index (χ2n) is 6.02. The van der Waals surface area contributed by atoms with Gasteiger partial charge in [-0.3, -0.25) is 0 Å². The molecule has 0 bridgehead atoms. The number of amidine groups is 1. The van der Waals surface area contributed by atoms with Gasteiger partial charge >= 0.3 is 18.2 Å². The van der Waals surface area contributed by atoms with Crippen molar-refractivity contribution in [2.75, 3.05) is 0 Å². The predicted octanol–water partition coefficient (Wildman–Crippen LogP) is 5.30. The van der Waals surface area contributed by atoms with Crippen molar-refractivity contribution in [2.24, 2.45) is 10.3 Å². The van der Waals surface area contributed by atoms with Crippen molar-refractivity contribution in [3.63, 3.8) is 0 Å². The lowest BCUT2D eigenvalue weighted by atomic mass is 10.1. The fraction of sp³-hybridized carbons (Fsp3) is 0.0435. The van der Waals surface area contributed by atoms with Crippen LogP contribution in [0.15, 0.2) is 95.2 Å². The molecule has 0 aliphatic carbocycles. The van der Waals surface area contributed by atoms with Crippen LogP contribution in [-0.4, -0.2) is 11.5 Å². The van der Waals surface area contributed by atoms with Gasteiger partial charge < -0.3 is 14.6 Å². The first-order valence-electron chi connectivity index (χ1n) is 9.22. The molecule has 158 valence electrons. The van der Waals surface area contributed by atoms with Crippen LogP contribution in [0.2, 0.25) is 0 Å². The van der Waals surface area contributed by atoms with Crippen LogP contribution >= 0.6 is 12.3 Å². The van der Waals surface area contributed by atoms with E-state index in [0.29, 0.717) is 29.2 Å². The Hall–Kier alpha value is -4.31. The molecular weight excluding hydrogens is 428 g/mol. The van der Waals surface area contributed by atoms with Crippen LogP contribution in [0.1, 0.15) is 16.7 Å². The van der Waals surface area contributed by atoms with Gasteiger partial charge in [-0.1, -0.05) is 88.9 Å². The first kappa shape index (κ1) is 22.4. The summed E-state index contributed by atoms with van der Waals surface area (Å²) < 4.78 is 9.71. The number of nitriles is 1. The Balaban J connectivity index is 1.54. The minimum Gasteiger partial charge on any atom is -0.390 e. The lowest BCUT2D eigenvalue weighted by Gasteiger charge is -2.03. The third-order valence-electron chi connectivity index (χ3n) is 3.91. The Kier molecular flexibility index (Phi) is 8.67. The fourth-order valence-electron chi connectivity index (χ4n) is 2.39. The first-order valence-corrected chi connectivity index (χ1v) is 9.89. The smallest absolute Gasteiger partial charge is 0.326 e. The van der Waals surface area contributed by atoms with Gasteiger partial charge in [-0.25, -0.2) is 4.28 Å². The van der Waals surface area contributed by atoms with Crippen LogP contribution in [-0.2, 0) is 20.1 Å². The number of benzene rings is 3. The van der Waals surface area contributed by atoms with Gasteiger partial charge in [-0.2, -0.15) is 5.26 Å². The zero-order valence-electron chi connectivity index (χ0n) is 16.6. The molecule has 0 N–H and O–H groups in total. The summed E-state index contributed by atoms with van der Waals surface area (Å²) in [6.07, 6.45) is 0. The molecule has 0 aliphatic rings. The Morgan fingerprint density at radius 1 is 0.906 bits per heavy atom. The standard InChI is InChI=1S/C23H16N4O4S/c1-25-23(27-30-32-31-29-21-10-6-3-7-11-21)20-14-12-19(13-15-20)22(16-24)26-28-17-18-8-4-2-5-9-18/h2-15H,17H2. The largest absolute Gasteiger partial charge is 0.390 e. The predicted molar refractivity (Wildman–Crippen MR) is 120 cm³/mol. The third kappa shape index (κ3) is 6.89. The summed E-state index contributed by atoms with van der Waals surface area (Å²) in [5.74, 6) is 0.499. The van der Waals surface area contributed by atoms with Gasteiger partial charge in [0.1, 0.15) is 12.7 Å². The SMILES string of the molecule is [C-]#[N+]C(=NOSOOc1ccccc1)c1ccc(C(C#N)=NOCc2ccccc2)cc1. The summed E-state index contributed by atoms with van der Waals surface area (Å²) in [5.41, 5.74) is 2.10. The van der Waals surface area contributed by atoms with Gasteiger partial charge in [0.05, 0.1) is 5.16 Å². The van der Waals surface area contributed by atoms with Gasteiger partial charge in [-0.15, -0.1) is 0 Å². The number of oxime groups is 2. The molecule has 3 aromatic carbocycles. The topological polar surface area (TPSA) is 89.8 Å². The second-order valence-corrected chi connectivity index (χ2v) is 6.44. The molecule has 0 heterocycles. The van der Waals surface area contributed by atoms with Crippen LogP contribution in [0.25, 0.3) is 4.85 Å². The van der Waals surface area contributed by atoms with E-state index in [1.807, 2.05) is 42.5 Å². The lowest BCUT2D eigenvalue weighted by Crippen LogP contribution is -2.01. The summed E-state index contributed by atoms with van der Waals surface area (Å²) in [5, 5.41) is 17.0. The molecule has 0 spiro atoms. The molecule has 0 fully saturated rings. The molecule has 0 amide bonds. The Morgan fingerprint density at radius 3 is 2.22 bits per heavy atom. The van der Waals surface area contributed by atoms with E-state index < -0.39 is 0 Å². The van der Waals surface area contributed by atoms with Crippen molar-refractivity contribution in [1.29, 1.82) is 5.26 Å². The van der Waals surface area contributed by atoms with Crippen molar-refractivity contribution in [3.05, 3.63) is 113 Å². The maximum atomic E-state index is 9.37. The minimum absolute atomic E-state index is 0.00290. The van der Waals surface area contributed by atoms with E-state index in [4.69, 9.17) is 24.9 Å². The highest BCUT2D eigenvalue weighted by Crippen LogP contribution is 2.15. The van der Waals surface area contributed by atoms with Gasteiger partial charge in [0.2, 0.25) is 0 Å². The molecule has 0 saturated carbocycles. The molecule has 0 aliphatic heterocycles. The maximum absolute atomic E-state index is 9.37. The summed E-state index contributed by atoms with van der Waals surface area (Å²) in [6, 6.07) is 26.9. The van der Waals surface area contributed by atoms with Crippen molar-refractivity contribution in [3.8, 4) is 11.8 Å². The summed E-state index contributed by atoms with van der Waals surface area (Å²) in [7, 11) is 0. The molecule has 0 atom stereocenters. The lowest BCUT2D eigenvalue weighted by molar-refractivity contribution is -0.0867. The number of rotatable bonds is 10. The number of nitrogens with zero attached hydrogens (tertiary/aromatic N) is 4. The average molecular weight is 444 g/mol. The van der Waals surface area contributed by atoms with Crippen molar-refractivity contribution in [2.45, 2.75) is 6.61 Å². The van der Waals surface area contributed by atoms with E-state index >= 15 is 0 Å². The van der Waals surface area contributed by atoms with Crippen molar-refractivity contribution >= 4 is 23.9 Å². The summed E-state index contributed by atoms with van der Waals surface area (Å²) >= 11 is 0.474. The fourth-order valence-corrected chi connectivity index (χ4v) is 2.62. The Labute approximate surface area is 189 Å². The Morgan fingerprint density at radius 2 is 1.56 bits per heavy atom. The zero-order valence-corrected chi connectivity index (χ0v) is 17.4. The van der Waals surface area contributed by atoms with Gasteiger partial charge in [0.15, 0.2) is 11.5 Å². The van der Waals surface area contributed by atoms with Gasteiger partial charge in [-0.05, 0) is 17.7 Å². The zero-order chi connectivity index (χ0) is 22.4. The highest BCUT2D eigenvalue weighted by molar-refractivity contribution is 7.89. The molecule has 9 heteroatoms. The van der Waals surface area contributed by atoms with E-state index in [0.717, 1.165) is 5.56 Å². The molecule has 0 saturated heterocycles. The molecular formula is C23H16N4O4S. The van der Waals surface area contributed by atoms with Gasteiger partial charge in [0, 0.05) is 11.1 Å². The summed E-state index contributed by atoms with van der Waals surface area (Å²) in [6.45, 7) is 7.55. The van der Waals surface area contributed by atoms with Crippen LogP contribution in [0.4, 0.5) is 0 Å². The number of para-hydroxylation sites is 1.